The molecule has 1 rings (SSSR count). The van der Waals surface area contributed by atoms with Gasteiger partial charge >= 0.3 is 0 Å². The lowest BCUT2D eigenvalue weighted by molar-refractivity contribution is 0.146. The summed E-state index contributed by atoms with van der Waals surface area (Å²) in [6.45, 7) is 3.40. The molecule has 0 heterocycles. The number of benzene rings is 1. The minimum atomic E-state index is -3.49. The fraction of sp³-hybridized carbons (Fsp3) is 0.417. The smallest absolute Gasteiger partial charge is 0.240 e. The second-order valence-corrected chi connectivity index (χ2v) is 6.17. The molecule has 112 valence electrons. The third-order valence-electron chi connectivity index (χ3n) is 2.39. The van der Waals surface area contributed by atoms with Gasteiger partial charge in [-0.05, 0) is 49.8 Å². The van der Waals surface area contributed by atoms with Gasteiger partial charge in [-0.2, -0.15) is 0 Å². The van der Waals surface area contributed by atoms with Gasteiger partial charge in [-0.1, -0.05) is 0 Å². The molecule has 0 amide bonds. The Bertz CT molecular complexity index is 529. The summed E-state index contributed by atoms with van der Waals surface area (Å²) in [5, 5.41) is 2.86. The molecule has 0 fully saturated rings. The second-order valence-electron chi connectivity index (χ2n) is 3.96. The maximum atomic E-state index is 12.0. The zero-order valence-corrected chi connectivity index (χ0v) is 12.9. The maximum Gasteiger partial charge on any atom is 0.240 e. The van der Waals surface area contributed by atoms with Gasteiger partial charge in [0, 0.05) is 25.4 Å². The zero-order valence-electron chi connectivity index (χ0n) is 11.3. The molecule has 0 aliphatic rings. The second kappa shape index (κ2) is 8.15. The third-order valence-corrected chi connectivity index (χ3v) is 3.97. The Morgan fingerprint density at radius 2 is 2.00 bits per heavy atom. The van der Waals surface area contributed by atoms with Crippen LogP contribution in [0.1, 0.15) is 13.3 Å². The van der Waals surface area contributed by atoms with Gasteiger partial charge in [-0.15, -0.1) is 0 Å². The highest BCUT2D eigenvalue weighted by Crippen LogP contribution is 2.13. The minimum Gasteiger partial charge on any atom is -0.382 e. The van der Waals surface area contributed by atoms with Crippen molar-refractivity contribution < 1.29 is 13.2 Å². The van der Waals surface area contributed by atoms with Crippen LogP contribution in [0.5, 0.6) is 0 Å². The van der Waals surface area contributed by atoms with Gasteiger partial charge in [0.25, 0.3) is 0 Å². The van der Waals surface area contributed by atoms with Crippen LogP contribution in [-0.2, 0) is 14.8 Å². The Morgan fingerprint density at radius 3 is 2.55 bits per heavy atom. The first-order chi connectivity index (χ1) is 9.45. The van der Waals surface area contributed by atoms with Crippen LogP contribution in [0, 0.1) is 0 Å². The number of nitrogens with one attached hydrogen (secondary N) is 2. The van der Waals surface area contributed by atoms with Gasteiger partial charge in [0.2, 0.25) is 10.0 Å². The molecule has 0 saturated heterocycles. The van der Waals surface area contributed by atoms with E-state index in [0.29, 0.717) is 31.9 Å². The molecule has 8 heteroatoms. The predicted molar refractivity (Wildman–Crippen MR) is 83.1 cm³/mol. The zero-order chi connectivity index (χ0) is 15.0. The van der Waals surface area contributed by atoms with Crippen molar-refractivity contribution in [2.45, 2.75) is 18.2 Å². The number of ether oxygens (including phenoxy) is 1. The standard InChI is InChI=1S/C12H19N3O3S2/c1-2-18-9-3-8-14-20(16,17)11-6-4-10(5-7-11)15-12(13)19/h4-7,14H,2-3,8-9H2,1H3,(H3,13,15,19). The number of thiocarbonyl (C=S) groups is 1. The summed E-state index contributed by atoms with van der Waals surface area (Å²) >= 11 is 4.70. The fourth-order valence-corrected chi connectivity index (χ4v) is 2.66. The highest BCUT2D eigenvalue weighted by Gasteiger charge is 2.12. The molecule has 0 aliphatic carbocycles. The molecule has 0 aromatic heterocycles. The van der Waals surface area contributed by atoms with Gasteiger partial charge < -0.3 is 15.8 Å². The molecule has 0 saturated carbocycles. The summed E-state index contributed by atoms with van der Waals surface area (Å²) < 4.78 is 31.6. The first kappa shape index (κ1) is 16.8. The molecule has 4 N–H and O–H groups in total. The summed E-state index contributed by atoms with van der Waals surface area (Å²) in [4.78, 5) is 0.197. The number of hydrogen-bond donors (Lipinski definition) is 3. The summed E-state index contributed by atoms with van der Waals surface area (Å²) in [7, 11) is -3.49. The summed E-state index contributed by atoms with van der Waals surface area (Å²) in [6, 6.07) is 6.19. The largest absolute Gasteiger partial charge is 0.382 e. The van der Waals surface area contributed by atoms with E-state index in [1.807, 2.05) is 6.92 Å². The lowest BCUT2D eigenvalue weighted by Crippen LogP contribution is -2.25. The molecular formula is C12H19N3O3S2. The Balaban J connectivity index is 2.56. The van der Waals surface area contributed by atoms with Crippen LogP contribution in [0.25, 0.3) is 0 Å². The van der Waals surface area contributed by atoms with Crippen molar-refractivity contribution in [1.29, 1.82) is 0 Å². The summed E-state index contributed by atoms with van der Waals surface area (Å²) in [5.41, 5.74) is 5.98. The Morgan fingerprint density at radius 1 is 1.35 bits per heavy atom. The van der Waals surface area contributed by atoms with Gasteiger partial charge in [-0.3, -0.25) is 0 Å². The molecule has 0 spiro atoms. The first-order valence-electron chi connectivity index (χ1n) is 6.19. The Hall–Kier alpha value is -1.22. The van der Waals surface area contributed by atoms with E-state index >= 15 is 0 Å². The monoisotopic (exact) mass is 317 g/mol. The maximum absolute atomic E-state index is 12.0. The van der Waals surface area contributed by atoms with Crippen molar-refractivity contribution in [3.8, 4) is 0 Å². The average molecular weight is 317 g/mol. The van der Waals surface area contributed by atoms with E-state index in [1.54, 1.807) is 12.1 Å². The molecule has 0 bridgehead atoms. The van der Waals surface area contributed by atoms with Crippen molar-refractivity contribution in [1.82, 2.24) is 4.72 Å². The molecule has 0 aliphatic heterocycles. The lowest BCUT2D eigenvalue weighted by Gasteiger charge is -2.08. The average Bonchev–Trinajstić information content (AvgIpc) is 2.38. The molecule has 0 radical (unpaired) electrons. The molecule has 0 atom stereocenters. The van der Waals surface area contributed by atoms with E-state index < -0.39 is 10.0 Å². The third kappa shape index (κ3) is 5.83. The number of hydrogen-bond acceptors (Lipinski definition) is 4. The summed E-state index contributed by atoms with van der Waals surface area (Å²) in [6.07, 6.45) is 0.633. The van der Waals surface area contributed by atoms with Gasteiger partial charge in [0.05, 0.1) is 4.90 Å². The van der Waals surface area contributed by atoms with Crippen molar-refractivity contribution in [2.75, 3.05) is 25.1 Å². The quantitative estimate of drug-likeness (QED) is 0.490. The van der Waals surface area contributed by atoms with Crippen LogP contribution in [0.2, 0.25) is 0 Å². The molecule has 1 aromatic carbocycles. The van der Waals surface area contributed by atoms with E-state index in [4.69, 9.17) is 22.7 Å². The van der Waals surface area contributed by atoms with Crippen LogP contribution < -0.4 is 15.8 Å². The summed E-state index contributed by atoms with van der Waals surface area (Å²) in [5.74, 6) is 0. The van der Waals surface area contributed by atoms with Gasteiger partial charge in [-0.25, -0.2) is 13.1 Å². The Kier molecular flexibility index (Phi) is 6.86. The number of nitrogens with two attached hydrogens (primary N) is 1. The van der Waals surface area contributed by atoms with E-state index in [1.165, 1.54) is 12.1 Å². The molecule has 20 heavy (non-hydrogen) atoms. The first-order valence-corrected chi connectivity index (χ1v) is 8.09. The van der Waals surface area contributed by atoms with E-state index in [-0.39, 0.29) is 10.0 Å². The number of sulfonamides is 1. The molecule has 0 unspecified atom stereocenters. The number of rotatable bonds is 8. The predicted octanol–water partition coefficient (Wildman–Crippen LogP) is 1.05. The fourth-order valence-electron chi connectivity index (χ4n) is 1.47. The van der Waals surface area contributed by atoms with Crippen LogP contribution in [0.15, 0.2) is 29.2 Å². The van der Waals surface area contributed by atoms with Crippen LogP contribution >= 0.6 is 12.2 Å². The van der Waals surface area contributed by atoms with Crippen LogP contribution in [-0.4, -0.2) is 33.3 Å². The molecule has 1 aromatic rings. The Labute approximate surface area is 124 Å². The van der Waals surface area contributed by atoms with Gasteiger partial charge in [0.15, 0.2) is 5.11 Å². The SMILES string of the molecule is CCOCCCNS(=O)(=O)c1ccc(NC(N)=S)cc1. The topological polar surface area (TPSA) is 93.4 Å². The van der Waals surface area contributed by atoms with Crippen molar-refractivity contribution in [3.63, 3.8) is 0 Å². The lowest BCUT2D eigenvalue weighted by atomic mass is 10.3. The van der Waals surface area contributed by atoms with E-state index in [0.717, 1.165) is 0 Å². The molecule has 6 nitrogen and oxygen atoms in total. The van der Waals surface area contributed by atoms with Crippen molar-refractivity contribution in [3.05, 3.63) is 24.3 Å². The van der Waals surface area contributed by atoms with Crippen LogP contribution in [0.4, 0.5) is 5.69 Å². The normalized spacial score (nSPS) is 11.2. The highest BCUT2D eigenvalue weighted by atomic mass is 32.2. The number of anilines is 1. The van der Waals surface area contributed by atoms with Crippen LogP contribution in [0.3, 0.4) is 0 Å². The minimum absolute atomic E-state index is 0.134. The van der Waals surface area contributed by atoms with E-state index in [9.17, 15) is 8.42 Å². The van der Waals surface area contributed by atoms with Gasteiger partial charge in [0.1, 0.15) is 0 Å². The molecular weight excluding hydrogens is 298 g/mol. The highest BCUT2D eigenvalue weighted by molar-refractivity contribution is 7.89. The van der Waals surface area contributed by atoms with E-state index in [2.05, 4.69) is 10.0 Å². The van der Waals surface area contributed by atoms with Crippen molar-refractivity contribution in [2.24, 2.45) is 5.73 Å². The van der Waals surface area contributed by atoms with Crippen molar-refractivity contribution >= 4 is 33.0 Å².